The number of hydrogen-bond acceptors (Lipinski definition) is 1. The second kappa shape index (κ2) is 4.56. The molecule has 0 spiro atoms. The first-order valence-corrected chi connectivity index (χ1v) is 5.97. The molecule has 78 valence electrons. The van der Waals surface area contributed by atoms with Crippen LogP contribution in [0.25, 0.3) is 5.69 Å². The van der Waals surface area contributed by atoms with Crippen molar-refractivity contribution in [2.24, 2.45) is 0 Å². The third kappa shape index (κ3) is 2.36. The van der Waals surface area contributed by atoms with Crippen molar-refractivity contribution in [3.8, 4) is 5.69 Å². The van der Waals surface area contributed by atoms with Gasteiger partial charge in [0.2, 0.25) is 0 Å². The average Bonchev–Trinajstić information content (AvgIpc) is 2.66. The highest BCUT2D eigenvalue weighted by Crippen LogP contribution is 2.24. The molecule has 0 aliphatic carbocycles. The molecule has 0 unspecified atom stereocenters. The van der Waals surface area contributed by atoms with Crippen LogP contribution in [0.5, 0.6) is 0 Å². The Morgan fingerprint density at radius 3 is 2.73 bits per heavy atom. The van der Waals surface area contributed by atoms with Gasteiger partial charge in [0.05, 0.1) is 22.3 Å². The van der Waals surface area contributed by atoms with Crippen LogP contribution < -0.4 is 0 Å². The standard InChI is InChI=1S/C10H7BrCl2N2/c11-7-1-2-10(9(13)5-7)15-4-3-8(6-12)14-15/h1-5H,6H2. The number of hydrogen-bond donors (Lipinski definition) is 0. The van der Waals surface area contributed by atoms with Gasteiger partial charge < -0.3 is 0 Å². The van der Waals surface area contributed by atoms with Crippen LogP contribution in [0.15, 0.2) is 34.9 Å². The van der Waals surface area contributed by atoms with Crippen molar-refractivity contribution >= 4 is 39.1 Å². The van der Waals surface area contributed by atoms with Gasteiger partial charge in [0.15, 0.2) is 0 Å². The van der Waals surface area contributed by atoms with Crippen LogP contribution in [-0.4, -0.2) is 9.78 Å². The number of nitrogens with zero attached hydrogens (tertiary/aromatic N) is 2. The van der Waals surface area contributed by atoms with Crippen LogP contribution in [0.1, 0.15) is 5.69 Å². The van der Waals surface area contributed by atoms with E-state index in [0.717, 1.165) is 15.9 Å². The lowest BCUT2D eigenvalue weighted by molar-refractivity contribution is 0.858. The lowest BCUT2D eigenvalue weighted by atomic mass is 10.3. The molecular formula is C10H7BrCl2N2. The van der Waals surface area contributed by atoms with Crippen molar-refractivity contribution < 1.29 is 0 Å². The molecule has 5 heteroatoms. The predicted octanol–water partition coefficient (Wildman–Crippen LogP) is 4.03. The smallest absolute Gasteiger partial charge is 0.0832 e. The molecule has 0 saturated carbocycles. The molecule has 15 heavy (non-hydrogen) atoms. The van der Waals surface area contributed by atoms with E-state index < -0.39 is 0 Å². The highest BCUT2D eigenvalue weighted by molar-refractivity contribution is 9.10. The minimum Gasteiger partial charge on any atom is -0.239 e. The minimum absolute atomic E-state index is 0.404. The van der Waals surface area contributed by atoms with Crippen molar-refractivity contribution in [1.82, 2.24) is 9.78 Å². The SMILES string of the molecule is ClCc1ccn(-c2ccc(Br)cc2Cl)n1. The van der Waals surface area contributed by atoms with Crippen LogP contribution in [0.3, 0.4) is 0 Å². The van der Waals surface area contributed by atoms with Gasteiger partial charge in [-0.3, -0.25) is 0 Å². The molecule has 0 fully saturated rings. The molecule has 2 rings (SSSR count). The van der Waals surface area contributed by atoms with Gasteiger partial charge in [-0.15, -0.1) is 11.6 Å². The van der Waals surface area contributed by atoms with E-state index in [4.69, 9.17) is 23.2 Å². The molecule has 1 heterocycles. The molecule has 0 radical (unpaired) electrons. The van der Waals surface area contributed by atoms with Gasteiger partial charge in [-0.25, -0.2) is 4.68 Å². The van der Waals surface area contributed by atoms with Crippen LogP contribution in [-0.2, 0) is 5.88 Å². The summed E-state index contributed by atoms with van der Waals surface area (Å²) in [6.45, 7) is 0. The highest BCUT2D eigenvalue weighted by Gasteiger charge is 2.05. The Labute approximate surface area is 106 Å². The molecule has 0 aliphatic rings. The summed E-state index contributed by atoms with van der Waals surface area (Å²) in [4.78, 5) is 0. The molecule has 0 atom stereocenters. The van der Waals surface area contributed by atoms with Crippen LogP contribution in [0.4, 0.5) is 0 Å². The topological polar surface area (TPSA) is 17.8 Å². The number of aromatic nitrogens is 2. The number of rotatable bonds is 2. The highest BCUT2D eigenvalue weighted by atomic mass is 79.9. The summed E-state index contributed by atoms with van der Waals surface area (Å²) in [5, 5.41) is 4.92. The fourth-order valence-corrected chi connectivity index (χ4v) is 2.14. The molecule has 1 aromatic heterocycles. The summed E-state index contributed by atoms with van der Waals surface area (Å²) < 4.78 is 2.66. The third-order valence-corrected chi connectivity index (χ3v) is 3.01. The zero-order valence-electron chi connectivity index (χ0n) is 7.62. The second-order valence-corrected chi connectivity index (χ2v) is 4.57. The van der Waals surface area contributed by atoms with E-state index in [1.54, 1.807) is 4.68 Å². The molecule has 0 aliphatic heterocycles. The van der Waals surface area contributed by atoms with E-state index in [-0.39, 0.29) is 0 Å². The monoisotopic (exact) mass is 304 g/mol. The van der Waals surface area contributed by atoms with Crippen molar-refractivity contribution in [1.29, 1.82) is 0 Å². The Hall–Kier alpha value is -0.510. The number of alkyl halides is 1. The van der Waals surface area contributed by atoms with E-state index in [1.165, 1.54) is 0 Å². The van der Waals surface area contributed by atoms with Gasteiger partial charge in [-0.2, -0.15) is 5.10 Å². The van der Waals surface area contributed by atoms with Gasteiger partial charge in [0.1, 0.15) is 0 Å². The lowest BCUT2D eigenvalue weighted by Gasteiger charge is -2.04. The van der Waals surface area contributed by atoms with E-state index >= 15 is 0 Å². The first kappa shape index (κ1) is 11.0. The zero-order chi connectivity index (χ0) is 10.8. The van der Waals surface area contributed by atoms with Gasteiger partial charge in [0.25, 0.3) is 0 Å². The summed E-state index contributed by atoms with van der Waals surface area (Å²) in [6.07, 6.45) is 1.84. The van der Waals surface area contributed by atoms with Crippen molar-refractivity contribution in [3.63, 3.8) is 0 Å². The van der Waals surface area contributed by atoms with Gasteiger partial charge in [0, 0.05) is 10.7 Å². The van der Waals surface area contributed by atoms with Crippen LogP contribution in [0, 0.1) is 0 Å². The van der Waals surface area contributed by atoms with E-state index in [1.807, 2.05) is 30.5 Å². The van der Waals surface area contributed by atoms with Gasteiger partial charge in [-0.05, 0) is 24.3 Å². The van der Waals surface area contributed by atoms with Crippen LogP contribution >= 0.6 is 39.1 Å². The van der Waals surface area contributed by atoms with Gasteiger partial charge in [-0.1, -0.05) is 27.5 Å². The Balaban J connectivity index is 2.44. The summed E-state index contributed by atoms with van der Waals surface area (Å²) in [6, 6.07) is 7.52. The van der Waals surface area contributed by atoms with Crippen LogP contribution in [0.2, 0.25) is 5.02 Å². The largest absolute Gasteiger partial charge is 0.239 e. The quantitative estimate of drug-likeness (QED) is 0.766. The van der Waals surface area contributed by atoms with Crippen molar-refractivity contribution in [2.45, 2.75) is 5.88 Å². The fraction of sp³-hybridized carbons (Fsp3) is 0.100. The maximum absolute atomic E-state index is 6.09. The summed E-state index contributed by atoms with van der Waals surface area (Å²) in [5.41, 5.74) is 1.67. The van der Waals surface area contributed by atoms with Crippen molar-refractivity contribution in [3.05, 3.63) is 45.7 Å². The average molecular weight is 306 g/mol. The van der Waals surface area contributed by atoms with E-state index in [0.29, 0.717) is 10.9 Å². The maximum Gasteiger partial charge on any atom is 0.0832 e. The van der Waals surface area contributed by atoms with E-state index in [9.17, 15) is 0 Å². The molecule has 0 saturated heterocycles. The zero-order valence-corrected chi connectivity index (χ0v) is 10.7. The first-order chi connectivity index (χ1) is 7.20. The number of halogens is 3. The Kier molecular flexibility index (Phi) is 3.34. The normalized spacial score (nSPS) is 10.6. The minimum atomic E-state index is 0.404. The summed E-state index contributed by atoms with van der Waals surface area (Å²) in [7, 11) is 0. The lowest BCUT2D eigenvalue weighted by Crippen LogP contribution is -1.96. The summed E-state index contributed by atoms with van der Waals surface area (Å²) in [5.74, 6) is 0.404. The molecule has 0 bridgehead atoms. The second-order valence-electron chi connectivity index (χ2n) is 2.98. The predicted molar refractivity (Wildman–Crippen MR) is 65.8 cm³/mol. The Bertz CT molecular complexity index is 482. The third-order valence-electron chi connectivity index (χ3n) is 1.94. The van der Waals surface area contributed by atoms with Gasteiger partial charge >= 0.3 is 0 Å². The Morgan fingerprint density at radius 1 is 1.33 bits per heavy atom. The summed E-state index contributed by atoms with van der Waals surface area (Å²) >= 11 is 15.1. The molecule has 1 aromatic carbocycles. The van der Waals surface area contributed by atoms with E-state index in [2.05, 4.69) is 21.0 Å². The molecule has 2 nitrogen and oxygen atoms in total. The first-order valence-electron chi connectivity index (χ1n) is 4.26. The molecule has 0 N–H and O–H groups in total. The maximum atomic E-state index is 6.09. The molecular weight excluding hydrogens is 299 g/mol. The number of benzene rings is 1. The molecule has 2 aromatic rings. The Morgan fingerprint density at radius 2 is 2.13 bits per heavy atom. The molecule has 0 amide bonds. The van der Waals surface area contributed by atoms with Crippen molar-refractivity contribution in [2.75, 3.05) is 0 Å². The fourth-order valence-electron chi connectivity index (χ4n) is 1.23.